The van der Waals surface area contributed by atoms with Crippen molar-refractivity contribution < 1.29 is 0 Å². The van der Waals surface area contributed by atoms with E-state index in [1.54, 1.807) is 0 Å². The molecule has 0 aromatic carbocycles. The average molecular weight is 141 g/mol. The number of allylic oxidation sites excluding steroid dienone is 1. The van der Waals surface area contributed by atoms with Gasteiger partial charge in [-0.25, -0.2) is 0 Å². The molecule has 0 radical (unpaired) electrons. The minimum absolute atomic E-state index is 0.907. The third-order valence-corrected chi connectivity index (χ3v) is 1.93. The third kappa shape index (κ3) is 1.60. The first kappa shape index (κ1) is 6.90. The first-order chi connectivity index (χ1) is 4.34. The molecule has 2 heteroatoms. The zero-order valence-corrected chi connectivity index (χ0v) is 6.25. The molecule has 1 heterocycles. The molecule has 1 aliphatic rings. The van der Waals surface area contributed by atoms with Crippen molar-refractivity contribution in [3.8, 4) is 0 Å². The minimum atomic E-state index is 0.907. The van der Waals surface area contributed by atoms with Crippen LogP contribution in [0, 0.1) is 0 Å². The summed E-state index contributed by atoms with van der Waals surface area (Å²) >= 11 is 4.28. The van der Waals surface area contributed by atoms with Crippen LogP contribution in [0.1, 0.15) is 6.42 Å². The molecule has 0 saturated carbocycles. The van der Waals surface area contributed by atoms with E-state index in [9.17, 15) is 0 Å². The Labute approximate surface area is 61.2 Å². The Morgan fingerprint density at radius 1 is 1.67 bits per heavy atom. The summed E-state index contributed by atoms with van der Waals surface area (Å²) < 4.78 is 0. The summed E-state index contributed by atoms with van der Waals surface area (Å²) in [7, 11) is 0. The highest BCUT2D eigenvalue weighted by molar-refractivity contribution is 7.84. The highest BCUT2D eigenvalue weighted by atomic mass is 32.1. The fraction of sp³-hybridized carbons (Fsp3) is 0.429. The van der Waals surface area contributed by atoms with Crippen molar-refractivity contribution in [1.82, 2.24) is 5.32 Å². The van der Waals surface area contributed by atoms with Gasteiger partial charge in [0.2, 0.25) is 0 Å². The molecule has 9 heavy (non-hydrogen) atoms. The fourth-order valence-corrected chi connectivity index (χ4v) is 1.22. The van der Waals surface area contributed by atoms with Gasteiger partial charge in [-0.3, -0.25) is 0 Å². The van der Waals surface area contributed by atoms with Crippen LogP contribution < -0.4 is 5.32 Å². The smallest absolute Gasteiger partial charge is 0.0265 e. The Balaban J connectivity index is 2.70. The van der Waals surface area contributed by atoms with Crippen LogP contribution in [0.3, 0.4) is 0 Å². The third-order valence-electron chi connectivity index (χ3n) is 1.48. The van der Waals surface area contributed by atoms with Crippen molar-refractivity contribution in [2.75, 3.05) is 13.1 Å². The van der Waals surface area contributed by atoms with Crippen molar-refractivity contribution >= 4 is 12.6 Å². The highest BCUT2D eigenvalue weighted by Crippen LogP contribution is 2.15. The lowest BCUT2D eigenvalue weighted by Gasteiger charge is -2.14. The van der Waals surface area contributed by atoms with Crippen LogP contribution >= 0.6 is 12.6 Å². The molecule has 1 aliphatic heterocycles. The molecule has 0 saturated heterocycles. The van der Waals surface area contributed by atoms with Gasteiger partial charge in [-0.05, 0) is 23.4 Å². The van der Waals surface area contributed by atoms with Crippen molar-refractivity contribution in [2.24, 2.45) is 0 Å². The van der Waals surface area contributed by atoms with Crippen LogP contribution in [0.25, 0.3) is 0 Å². The van der Waals surface area contributed by atoms with Crippen molar-refractivity contribution in [3.05, 3.63) is 23.1 Å². The summed E-state index contributed by atoms with van der Waals surface area (Å²) in [6.45, 7) is 5.67. The zero-order valence-electron chi connectivity index (χ0n) is 5.35. The molecule has 50 valence electrons. The lowest BCUT2D eigenvalue weighted by Crippen LogP contribution is -2.22. The standard InChI is InChI=1S/C7H11NS/c1-2-6-3-4-8-5-7(6)9/h2,8-9H,1,3-5H2. The predicted molar refractivity (Wildman–Crippen MR) is 43.7 cm³/mol. The van der Waals surface area contributed by atoms with E-state index in [0.717, 1.165) is 24.4 Å². The molecular weight excluding hydrogens is 130 g/mol. The summed E-state index contributed by atoms with van der Waals surface area (Å²) in [5.41, 5.74) is 1.29. The van der Waals surface area contributed by atoms with Crippen LogP contribution in [0.2, 0.25) is 0 Å². The van der Waals surface area contributed by atoms with E-state index in [1.165, 1.54) is 5.57 Å². The second kappa shape index (κ2) is 3.08. The molecule has 0 amide bonds. The van der Waals surface area contributed by atoms with Gasteiger partial charge in [0.05, 0.1) is 0 Å². The molecule has 0 unspecified atom stereocenters. The number of hydrogen-bond acceptors (Lipinski definition) is 2. The summed E-state index contributed by atoms with van der Waals surface area (Å²) in [4.78, 5) is 1.14. The molecule has 0 aromatic rings. The van der Waals surface area contributed by atoms with Gasteiger partial charge in [-0.2, -0.15) is 0 Å². The molecule has 0 fully saturated rings. The lowest BCUT2D eigenvalue weighted by atomic mass is 10.1. The van der Waals surface area contributed by atoms with Gasteiger partial charge in [0.15, 0.2) is 0 Å². The van der Waals surface area contributed by atoms with E-state index in [2.05, 4.69) is 24.5 Å². The van der Waals surface area contributed by atoms with E-state index in [4.69, 9.17) is 0 Å². The molecule has 1 nitrogen and oxygen atoms in total. The van der Waals surface area contributed by atoms with Crippen molar-refractivity contribution in [2.45, 2.75) is 6.42 Å². The van der Waals surface area contributed by atoms with Crippen LogP contribution in [0.15, 0.2) is 23.1 Å². The summed E-state index contributed by atoms with van der Waals surface area (Å²) in [5, 5.41) is 3.22. The Kier molecular flexibility index (Phi) is 2.37. The Hall–Kier alpha value is -0.210. The largest absolute Gasteiger partial charge is 0.312 e. The topological polar surface area (TPSA) is 12.0 Å². The van der Waals surface area contributed by atoms with Gasteiger partial charge in [0, 0.05) is 6.54 Å². The molecule has 0 bridgehead atoms. The van der Waals surface area contributed by atoms with Crippen LogP contribution in [0.5, 0.6) is 0 Å². The normalized spacial score (nSPS) is 20.1. The van der Waals surface area contributed by atoms with Gasteiger partial charge in [0.1, 0.15) is 0 Å². The maximum Gasteiger partial charge on any atom is 0.0265 e. The van der Waals surface area contributed by atoms with E-state index in [0.29, 0.717) is 0 Å². The number of hydrogen-bond donors (Lipinski definition) is 2. The Bertz CT molecular complexity index is 149. The van der Waals surface area contributed by atoms with Gasteiger partial charge < -0.3 is 5.32 Å². The number of nitrogens with one attached hydrogen (secondary N) is 1. The Morgan fingerprint density at radius 2 is 2.44 bits per heavy atom. The predicted octanol–water partition coefficient (Wildman–Crippen LogP) is 1.35. The van der Waals surface area contributed by atoms with Gasteiger partial charge in [0.25, 0.3) is 0 Å². The van der Waals surface area contributed by atoms with Crippen molar-refractivity contribution in [3.63, 3.8) is 0 Å². The molecule has 1 N–H and O–H groups in total. The first-order valence-corrected chi connectivity index (χ1v) is 3.53. The number of thiol groups is 1. The zero-order chi connectivity index (χ0) is 6.69. The first-order valence-electron chi connectivity index (χ1n) is 3.08. The van der Waals surface area contributed by atoms with Crippen molar-refractivity contribution in [1.29, 1.82) is 0 Å². The molecule has 1 rings (SSSR count). The quantitative estimate of drug-likeness (QED) is 0.525. The van der Waals surface area contributed by atoms with E-state index < -0.39 is 0 Å². The molecule has 0 aromatic heterocycles. The monoisotopic (exact) mass is 141 g/mol. The fourth-order valence-electron chi connectivity index (χ4n) is 0.908. The molecule has 0 aliphatic carbocycles. The van der Waals surface area contributed by atoms with Crippen LogP contribution in [0.4, 0.5) is 0 Å². The van der Waals surface area contributed by atoms with Crippen LogP contribution in [-0.2, 0) is 0 Å². The van der Waals surface area contributed by atoms with Gasteiger partial charge >= 0.3 is 0 Å². The van der Waals surface area contributed by atoms with E-state index in [-0.39, 0.29) is 0 Å². The maximum absolute atomic E-state index is 4.28. The van der Waals surface area contributed by atoms with Crippen LogP contribution in [-0.4, -0.2) is 13.1 Å². The second-order valence-corrected chi connectivity index (χ2v) is 2.64. The van der Waals surface area contributed by atoms with Gasteiger partial charge in [-0.15, -0.1) is 12.6 Å². The average Bonchev–Trinajstić information content (AvgIpc) is 1.89. The maximum atomic E-state index is 4.28. The lowest BCUT2D eigenvalue weighted by molar-refractivity contribution is 0.707. The Morgan fingerprint density at radius 3 is 2.89 bits per heavy atom. The van der Waals surface area contributed by atoms with Gasteiger partial charge in [-0.1, -0.05) is 12.7 Å². The summed E-state index contributed by atoms with van der Waals surface area (Å²) in [5.74, 6) is 0. The SMILES string of the molecule is C=CC1=C(S)CNCC1. The second-order valence-electron chi connectivity index (χ2n) is 2.10. The molecule has 0 spiro atoms. The molecular formula is C7H11NS. The number of rotatable bonds is 1. The molecule has 0 atom stereocenters. The highest BCUT2D eigenvalue weighted by Gasteiger charge is 2.04. The minimum Gasteiger partial charge on any atom is -0.312 e. The van der Waals surface area contributed by atoms with E-state index >= 15 is 0 Å². The summed E-state index contributed by atoms with van der Waals surface area (Å²) in [6.07, 6.45) is 2.96. The summed E-state index contributed by atoms with van der Waals surface area (Å²) in [6, 6.07) is 0. The van der Waals surface area contributed by atoms with E-state index in [1.807, 2.05) is 6.08 Å².